The Morgan fingerprint density at radius 3 is 2.65 bits per heavy atom. The van der Waals surface area contributed by atoms with Gasteiger partial charge in [0.25, 0.3) is 5.91 Å². The molecule has 1 amide bonds. The number of nitrogens with two attached hydrogens (primary N) is 1. The van der Waals surface area contributed by atoms with Crippen LogP contribution in [0.1, 0.15) is 33.6 Å². The van der Waals surface area contributed by atoms with Crippen LogP contribution in [0.5, 0.6) is 5.88 Å². The Morgan fingerprint density at radius 1 is 1.29 bits per heavy atom. The lowest BCUT2D eigenvalue weighted by atomic mass is 9.87. The molecule has 2 atom stereocenters. The van der Waals surface area contributed by atoms with Crippen molar-refractivity contribution < 1.29 is 19.4 Å². The van der Waals surface area contributed by atoms with Crippen LogP contribution in [0.4, 0.5) is 11.9 Å². The Hall–Kier alpha value is -3.05. The summed E-state index contributed by atoms with van der Waals surface area (Å²) in [6.07, 6.45) is 3.51. The molecule has 1 aliphatic heterocycles. The number of morpholine rings is 1. The number of hydrogen-bond acceptors (Lipinski definition) is 10. The molecule has 0 unspecified atom stereocenters. The summed E-state index contributed by atoms with van der Waals surface area (Å²) in [5, 5.41) is 10.1. The molecule has 3 heterocycles. The second-order valence-electron chi connectivity index (χ2n) is 9.34. The van der Waals surface area contributed by atoms with Crippen LogP contribution in [0.25, 0.3) is 11.3 Å². The summed E-state index contributed by atoms with van der Waals surface area (Å²) in [7, 11) is 1.73. The number of aromatic nitrogens is 4. The third-order valence-electron chi connectivity index (χ3n) is 6.42. The van der Waals surface area contributed by atoms with Crippen molar-refractivity contribution in [3.8, 4) is 17.1 Å². The van der Waals surface area contributed by atoms with E-state index in [2.05, 4.69) is 26.8 Å². The van der Waals surface area contributed by atoms with E-state index < -0.39 is 6.10 Å². The first-order chi connectivity index (χ1) is 16.2. The van der Waals surface area contributed by atoms with Gasteiger partial charge in [-0.05, 0) is 12.8 Å². The summed E-state index contributed by atoms with van der Waals surface area (Å²) in [6.45, 7) is 7.60. The first-order valence-electron chi connectivity index (χ1n) is 11.7. The normalized spacial score (nSPS) is 23.4. The first-order valence-corrected chi connectivity index (χ1v) is 11.7. The van der Waals surface area contributed by atoms with Crippen molar-refractivity contribution >= 4 is 17.8 Å². The standard InChI is InChI=1S/C23H33N7O4/c1-13(2)20(31)21(32)29(4)16-7-17(8-16)34-19-9-18(15-10-25-22(24)26-11-15)27-23(28-19)30-5-6-33-12-14(30)3/h9-11,13-14,16-17,20,31H,5-8,12H2,1-4H3,(H2,24,25,26)/t14-,16-,17-,20+/m0/s1. The quantitative estimate of drug-likeness (QED) is 0.604. The van der Waals surface area contributed by atoms with E-state index in [9.17, 15) is 9.90 Å². The molecular formula is C23H33N7O4. The third kappa shape index (κ3) is 5.20. The van der Waals surface area contributed by atoms with Crippen molar-refractivity contribution in [1.82, 2.24) is 24.8 Å². The SMILES string of the molecule is CC(C)[C@@H](O)C(=O)N(C)[C@H]1C[C@H](Oc2cc(-c3cnc(N)nc3)nc(N3CCOC[C@@H]3C)n2)C1. The molecule has 1 aliphatic carbocycles. The summed E-state index contributed by atoms with van der Waals surface area (Å²) < 4.78 is 11.8. The van der Waals surface area contributed by atoms with Gasteiger partial charge in [-0.3, -0.25) is 4.79 Å². The van der Waals surface area contributed by atoms with Crippen LogP contribution in [0.3, 0.4) is 0 Å². The van der Waals surface area contributed by atoms with Crippen LogP contribution in [0, 0.1) is 5.92 Å². The largest absolute Gasteiger partial charge is 0.474 e. The molecule has 1 saturated heterocycles. The fourth-order valence-corrected chi connectivity index (χ4v) is 4.04. The second-order valence-corrected chi connectivity index (χ2v) is 9.34. The zero-order valence-corrected chi connectivity index (χ0v) is 20.1. The number of carbonyl (C=O) groups excluding carboxylic acids is 1. The molecule has 184 valence electrons. The van der Waals surface area contributed by atoms with Gasteiger partial charge in [-0.15, -0.1) is 0 Å². The summed E-state index contributed by atoms with van der Waals surface area (Å²) in [6, 6.07) is 1.92. The van der Waals surface area contributed by atoms with Gasteiger partial charge in [0.1, 0.15) is 12.2 Å². The van der Waals surface area contributed by atoms with Gasteiger partial charge < -0.3 is 30.1 Å². The lowest BCUT2D eigenvalue weighted by Crippen LogP contribution is -2.53. The molecule has 3 N–H and O–H groups in total. The first kappa shape index (κ1) is 24.1. The maximum Gasteiger partial charge on any atom is 0.251 e. The number of ether oxygens (including phenoxy) is 2. The van der Waals surface area contributed by atoms with Crippen LogP contribution in [-0.4, -0.2) is 86.9 Å². The van der Waals surface area contributed by atoms with Gasteiger partial charge in [0.15, 0.2) is 0 Å². The molecule has 2 aromatic heterocycles. The number of anilines is 2. The van der Waals surface area contributed by atoms with Gasteiger partial charge in [0.2, 0.25) is 17.8 Å². The Kier molecular flexibility index (Phi) is 7.13. The van der Waals surface area contributed by atoms with Crippen LogP contribution in [0.2, 0.25) is 0 Å². The fourth-order valence-electron chi connectivity index (χ4n) is 4.04. The van der Waals surface area contributed by atoms with E-state index in [0.29, 0.717) is 55.7 Å². The minimum absolute atomic E-state index is 0.0245. The van der Waals surface area contributed by atoms with Crippen molar-refractivity contribution in [2.24, 2.45) is 5.92 Å². The molecular weight excluding hydrogens is 438 g/mol. The molecule has 4 rings (SSSR count). The zero-order chi connectivity index (χ0) is 24.4. The van der Waals surface area contributed by atoms with Gasteiger partial charge in [-0.25, -0.2) is 15.0 Å². The van der Waals surface area contributed by atoms with Gasteiger partial charge in [-0.1, -0.05) is 13.8 Å². The highest BCUT2D eigenvalue weighted by molar-refractivity contribution is 5.81. The Morgan fingerprint density at radius 2 is 2.00 bits per heavy atom. The van der Waals surface area contributed by atoms with E-state index in [-0.39, 0.29) is 36.0 Å². The maximum atomic E-state index is 12.4. The number of amides is 1. The molecule has 1 saturated carbocycles. The van der Waals surface area contributed by atoms with Gasteiger partial charge in [0.05, 0.1) is 24.9 Å². The Balaban J connectivity index is 1.50. The van der Waals surface area contributed by atoms with Crippen molar-refractivity contribution in [1.29, 1.82) is 0 Å². The monoisotopic (exact) mass is 471 g/mol. The van der Waals surface area contributed by atoms with E-state index >= 15 is 0 Å². The zero-order valence-electron chi connectivity index (χ0n) is 20.1. The van der Waals surface area contributed by atoms with Crippen LogP contribution < -0.4 is 15.4 Å². The highest BCUT2D eigenvalue weighted by atomic mass is 16.5. The van der Waals surface area contributed by atoms with Crippen LogP contribution >= 0.6 is 0 Å². The average Bonchev–Trinajstić information content (AvgIpc) is 2.80. The number of hydrogen-bond donors (Lipinski definition) is 2. The second kappa shape index (κ2) is 10.1. The summed E-state index contributed by atoms with van der Waals surface area (Å²) in [5.74, 6) is 0.825. The van der Waals surface area contributed by atoms with Crippen LogP contribution in [0.15, 0.2) is 18.5 Å². The molecule has 2 fully saturated rings. The lowest BCUT2D eigenvalue weighted by Gasteiger charge is -2.41. The number of nitrogens with zero attached hydrogens (tertiary/aromatic N) is 6. The third-order valence-corrected chi connectivity index (χ3v) is 6.42. The van der Waals surface area contributed by atoms with Crippen molar-refractivity contribution in [3.05, 3.63) is 18.5 Å². The fraction of sp³-hybridized carbons (Fsp3) is 0.609. The van der Waals surface area contributed by atoms with E-state index in [1.165, 1.54) is 0 Å². The molecule has 0 spiro atoms. The molecule has 0 bridgehead atoms. The highest BCUT2D eigenvalue weighted by Gasteiger charge is 2.38. The molecule has 2 aliphatic rings. The summed E-state index contributed by atoms with van der Waals surface area (Å²) >= 11 is 0. The molecule has 0 aromatic carbocycles. The summed E-state index contributed by atoms with van der Waals surface area (Å²) in [5.41, 5.74) is 6.99. The van der Waals surface area contributed by atoms with Gasteiger partial charge in [0, 0.05) is 56.5 Å². The van der Waals surface area contributed by atoms with Crippen molar-refractivity contribution in [2.75, 3.05) is 37.4 Å². The van der Waals surface area contributed by atoms with E-state index in [4.69, 9.17) is 20.2 Å². The minimum Gasteiger partial charge on any atom is -0.474 e. The molecule has 11 nitrogen and oxygen atoms in total. The highest BCUT2D eigenvalue weighted by Crippen LogP contribution is 2.32. The minimum atomic E-state index is -0.991. The molecule has 34 heavy (non-hydrogen) atoms. The van der Waals surface area contributed by atoms with E-state index in [1.54, 1.807) is 30.4 Å². The maximum absolute atomic E-state index is 12.4. The summed E-state index contributed by atoms with van der Waals surface area (Å²) in [4.78, 5) is 33.7. The van der Waals surface area contributed by atoms with Crippen molar-refractivity contribution in [2.45, 2.75) is 57.9 Å². The lowest BCUT2D eigenvalue weighted by molar-refractivity contribution is -0.146. The number of aliphatic hydroxyl groups excluding tert-OH is 1. The Bertz CT molecular complexity index is 997. The Labute approximate surface area is 199 Å². The number of rotatable bonds is 7. The molecule has 11 heteroatoms. The van der Waals surface area contributed by atoms with E-state index in [1.807, 2.05) is 13.8 Å². The van der Waals surface area contributed by atoms with Crippen molar-refractivity contribution in [3.63, 3.8) is 0 Å². The number of likely N-dealkylation sites (N-methyl/N-ethyl adjacent to an activating group) is 1. The number of carbonyl (C=O) groups is 1. The predicted molar refractivity (Wildman–Crippen MR) is 126 cm³/mol. The predicted octanol–water partition coefficient (Wildman–Crippen LogP) is 1.13. The number of aliphatic hydroxyl groups is 1. The van der Waals surface area contributed by atoms with E-state index in [0.717, 1.165) is 0 Å². The smallest absolute Gasteiger partial charge is 0.251 e. The molecule has 0 radical (unpaired) electrons. The number of nitrogen functional groups attached to an aromatic ring is 1. The van der Waals surface area contributed by atoms with Gasteiger partial charge >= 0.3 is 0 Å². The average molecular weight is 472 g/mol. The molecule has 2 aromatic rings. The van der Waals surface area contributed by atoms with Crippen LogP contribution in [-0.2, 0) is 9.53 Å². The topological polar surface area (TPSA) is 140 Å². The van der Waals surface area contributed by atoms with Gasteiger partial charge in [-0.2, -0.15) is 4.98 Å².